The Morgan fingerprint density at radius 1 is 1.05 bits per heavy atom. The largest absolute Gasteiger partial charge is 0.497 e. The fourth-order valence-electron chi connectivity index (χ4n) is 6.27. The van der Waals surface area contributed by atoms with Crippen LogP contribution in [0.1, 0.15) is 49.3 Å². The van der Waals surface area contributed by atoms with E-state index in [1.54, 1.807) is 25.2 Å². The van der Waals surface area contributed by atoms with Crippen molar-refractivity contribution >= 4 is 29.2 Å². The van der Waals surface area contributed by atoms with Gasteiger partial charge in [0.05, 0.1) is 19.1 Å². The lowest BCUT2D eigenvalue weighted by Gasteiger charge is -2.38. The number of carbonyl (C=O) groups excluding carboxylic acids is 2. The minimum Gasteiger partial charge on any atom is -0.497 e. The van der Waals surface area contributed by atoms with E-state index in [0.717, 1.165) is 5.56 Å². The Kier molecular flexibility index (Phi) is 9.34. The number of benzene rings is 2. The number of hydrogen-bond donors (Lipinski definition) is 0. The van der Waals surface area contributed by atoms with E-state index in [0.29, 0.717) is 74.1 Å². The van der Waals surface area contributed by atoms with Gasteiger partial charge in [-0.05, 0) is 48.2 Å². The van der Waals surface area contributed by atoms with Gasteiger partial charge in [-0.1, -0.05) is 36.7 Å². The molecule has 0 saturated carbocycles. The van der Waals surface area contributed by atoms with Crippen molar-refractivity contribution < 1.29 is 18.7 Å². The zero-order valence-electron chi connectivity index (χ0n) is 24.7. The number of aryl methyl sites for hydroxylation is 1. The van der Waals surface area contributed by atoms with Gasteiger partial charge in [-0.25, -0.2) is 9.07 Å². The van der Waals surface area contributed by atoms with Gasteiger partial charge in [0.15, 0.2) is 0 Å². The summed E-state index contributed by atoms with van der Waals surface area (Å²) in [6.07, 6.45) is 1.76. The lowest BCUT2D eigenvalue weighted by molar-refractivity contribution is -0.140. The van der Waals surface area contributed by atoms with E-state index in [4.69, 9.17) is 16.3 Å². The maximum Gasteiger partial charge on any atom is 0.266 e. The molecule has 0 N–H and O–H groups in total. The Morgan fingerprint density at radius 3 is 2.49 bits per heavy atom. The zero-order chi connectivity index (χ0) is 30.7. The van der Waals surface area contributed by atoms with Crippen LogP contribution in [0.4, 0.5) is 10.2 Å². The van der Waals surface area contributed by atoms with Crippen molar-refractivity contribution in [2.24, 2.45) is 13.0 Å². The molecule has 0 aliphatic carbocycles. The lowest BCUT2D eigenvalue weighted by atomic mass is 9.87. The first-order valence-corrected chi connectivity index (χ1v) is 15.0. The third-order valence-corrected chi connectivity index (χ3v) is 8.85. The van der Waals surface area contributed by atoms with Gasteiger partial charge < -0.3 is 19.4 Å². The molecule has 43 heavy (non-hydrogen) atoms. The molecule has 0 bridgehead atoms. The van der Waals surface area contributed by atoms with E-state index in [2.05, 4.69) is 5.10 Å². The Bertz CT molecular complexity index is 1530. The van der Waals surface area contributed by atoms with Gasteiger partial charge in [-0.2, -0.15) is 5.10 Å². The number of carbonyl (C=O) groups is 2. The predicted molar refractivity (Wildman–Crippen MR) is 163 cm³/mol. The number of nitrogens with zero attached hydrogens (tertiary/aromatic N) is 5. The first-order chi connectivity index (χ1) is 20.7. The van der Waals surface area contributed by atoms with Crippen LogP contribution in [0, 0.1) is 11.7 Å². The number of amides is 2. The molecule has 3 heterocycles. The molecular formula is C32H37ClFN5O4. The van der Waals surface area contributed by atoms with Crippen LogP contribution < -0.4 is 15.2 Å². The van der Waals surface area contributed by atoms with E-state index in [9.17, 15) is 14.4 Å². The Hall–Kier alpha value is -3.92. The van der Waals surface area contributed by atoms with Crippen molar-refractivity contribution in [2.75, 3.05) is 44.7 Å². The average Bonchev–Trinajstić information content (AvgIpc) is 3.43. The Morgan fingerprint density at radius 2 is 1.81 bits per heavy atom. The molecule has 5 rings (SSSR count). The molecule has 0 radical (unpaired) electrons. The van der Waals surface area contributed by atoms with E-state index >= 15 is 4.39 Å². The predicted octanol–water partition coefficient (Wildman–Crippen LogP) is 4.40. The van der Waals surface area contributed by atoms with Crippen molar-refractivity contribution in [2.45, 2.75) is 38.1 Å². The highest BCUT2D eigenvalue weighted by Crippen LogP contribution is 2.38. The lowest BCUT2D eigenvalue weighted by Crippen LogP contribution is -2.47. The standard InChI is InChI=1S/C32H37ClFN5O4/c1-4-30(40)39-17-16-37(15-5-6-28(39)21-7-9-22(33)10-8-21)32(42)26-20-38(29-13-14-31(41)36(2)35-29)19-25(26)24-12-11-23(43-3)18-27(24)34/h7-14,18,25-26,28H,4-6,15-17,19-20H2,1-3H3/t25?,26-,28?/m1/s1. The number of hydrogen-bond acceptors (Lipinski definition) is 6. The third kappa shape index (κ3) is 6.54. The minimum atomic E-state index is -0.552. The fraction of sp³-hybridized carbons (Fsp3) is 0.438. The average molecular weight is 610 g/mol. The number of methoxy groups -OCH3 is 1. The van der Waals surface area contributed by atoms with Gasteiger partial charge in [0, 0.05) is 69.3 Å². The second-order valence-electron chi connectivity index (χ2n) is 11.1. The Labute approximate surface area is 255 Å². The van der Waals surface area contributed by atoms with Crippen molar-refractivity contribution in [1.82, 2.24) is 19.6 Å². The van der Waals surface area contributed by atoms with Crippen molar-refractivity contribution in [3.05, 3.63) is 86.9 Å². The van der Waals surface area contributed by atoms with Crippen LogP contribution in [0.5, 0.6) is 5.75 Å². The first-order valence-electron chi connectivity index (χ1n) is 14.7. The zero-order valence-corrected chi connectivity index (χ0v) is 25.5. The number of rotatable bonds is 6. The smallest absolute Gasteiger partial charge is 0.266 e. The van der Waals surface area contributed by atoms with Crippen LogP contribution in [-0.2, 0) is 16.6 Å². The molecule has 2 aliphatic rings. The normalized spacial score (nSPS) is 21.0. The SMILES string of the molecule is CCC(=O)N1CCN(C(=O)[C@@H]2CN(c3ccc(=O)n(C)n3)CC2c2ccc(OC)cc2F)CCCC1c1ccc(Cl)cc1. The molecule has 1 aromatic heterocycles. The molecule has 9 nitrogen and oxygen atoms in total. The van der Waals surface area contributed by atoms with Gasteiger partial charge >= 0.3 is 0 Å². The highest BCUT2D eigenvalue weighted by atomic mass is 35.5. The highest BCUT2D eigenvalue weighted by Gasteiger charge is 2.42. The summed E-state index contributed by atoms with van der Waals surface area (Å²) in [7, 11) is 3.06. The number of halogens is 2. The van der Waals surface area contributed by atoms with Crippen LogP contribution in [0.25, 0.3) is 0 Å². The quantitative estimate of drug-likeness (QED) is 0.412. The molecule has 11 heteroatoms. The van der Waals surface area contributed by atoms with Crippen LogP contribution in [0.2, 0.25) is 5.02 Å². The minimum absolute atomic E-state index is 0.0280. The van der Waals surface area contributed by atoms with Crippen molar-refractivity contribution in [1.29, 1.82) is 0 Å². The maximum absolute atomic E-state index is 15.4. The molecule has 3 atom stereocenters. The summed E-state index contributed by atoms with van der Waals surface area (Å²) in [5.74, 6) is -0.535. The summed E-state index contributed by atoms with van der Waals surface area (Å²) in [5.41, 5.74) is 1.22. The van der Waals surface area contributed by atoms with Crippen LogP contribution in [0.3, 0.4) is 0 Å². The summed E-state index contributed by atoms with van der Waals surface area (Å²) in [6, 6.07) is 15.3. The van der Waals surface area contributed by atoms with Gasteiger partial charge in [0.1, 0.15) is 17.4 Å². The third-order valence-electron chi connectivity index (χ3n) is 8.60. The van der Waals surface area contributed by atoms with Crippen molar-refractivity contribution in [3.8, 4) is 5.75 Å². The number of aromatic nitrogens is 2. The molecule has 3 aromatic rings. The molecular weight excluding hydrogens is 573 g/mol. The molecule has 228 valence electrons. The summed E-state index contributed by atoms with van der Waals surface area (Å²) in [4.78, 5) is 45.0. The molecule has 2 amide bonds. The van der Waals surface area contributed by atoms with E-state index in [1.165, 1.54) is 23.9 Å². The summed E-state index contributed by atoms with van der Waals surface area (Å²) in [5, 5.41) is 5.03. The van der Waals surface area contributed by atoms with Gasteiger partial charge in [0.25, 0.3) is 5.56 Å². The topological polar surface area (TPSA) is 88.0 Å². The van der Waals surface area contributed by atoms with E-state index < -0.39 is 17.7 Å². The maximum atomic E-state index is 15.4. The Balaban J connectivity index is 1.42. The number of ether oxygens (including phenoxy) is 1. The van der Waals surface area contributed by atoms with Crippen LogP contribution in [-0.4, -0.2) is 71.2 Å². The number of anilines is 1. The monoisotopic (exact) mass is 609 g/mol. The van der Waals surface area contributed by atoms with E-state index in [-0.39, 0.29) is 23.4 Å². The summed E-state index contributed by atoms with van der Waals surface area (Å²) >= 11 is 6.12. The van der Waals surface area contributed by atoms with E-state index in [1.807, 2.05) is 45.9 Å². The molecule has 2 aromatic carbocycles. The highest BCUT2D eigenvalue weighted by molar-refractivity contribution is 6.30. The molecule has 0 spiro atoms. The van der Waals surface area contributed by atoms with Crippen LogP contribution in [0.15, 0.2) is 59.4 Å². The molecule has 2 fully saturated rings. The van der Waals surface area contributed by atoms with Crippen LogP contribution >= 0.6 is 11.6 Å². The second-order valence-corrected chi connectivity index (χ2v) is 11.6. The van der Waals surface area contributed by atoms with Gasteiger partial charge in [-0.15, -0.1) is 0 Å². The summed E-state index contributed by atoms with van der Waals surface area (Å²) in [6.45, 7) is 3.83. The molecule has 2 aliphatic heterocycles. The molecule has 2 saturated heterocycles. The van der Waals surface area contributed by atoms with Crippen molar-refractivity contribution in [3.63, 3.8) is 0 Å². The van der Waals surface area contributed by atoms with Gasteiger partial charge in [-0.3, -0.25) is 14.4 Å². The first kappa shape index (κ1) is 30.5. The van der Waals surface area contributed by atoms with Gasteiger partial charge in [0.2, 0.25) is 11.8 Å². The second kappa shape index (κ2) is 13.2. The fourth-order valence-corrected chi connectivity index (χ4v) is 6.39. The molecule has 2 unspecified atom stereocenters. The summed E-state index contributed by atoms with van der Waals surface area (Å²) < 4.78 is 21.9.